The first-order valence-electron chi connectivity index (χ1n) is 10.5. The molecule has 7 nitrogen and oxygen atoms in total. The van der Waals surface area contributed by atoms with Gasteiger partial charge in [0.1, 0.15) is 6.04 Å². The lowest BCUT2D eigenvalue weighted by atomic mass is 10.0. The third-order valence-electron chi connectivity index (χ3n) is 5.12. The molecule has 0 saturated heterocycles. The van der Waals surface area contributed by atoms with Crippen LogP contribution in [0.4, 0.5) is 5.69 Å². The molecule has 3 aromatic rings. The van der Waals surface area contributed by atoms with Crippen molar-refractivity contribution in [2.75, 3.05) is 11.9 Å². The maximum Gasteiger partial charge on any atom is 0.246 e. The van der Waals surface area contributed by atoms with Crippen molar-refractivity contribution < 1.29 is 9.59 Å². The van der Waals surface area contributed by atoms with Crippen molar-refractivity contribution >= 4 is 28.4 Å². The second-order valence-corrected chi connectivity index (χ2v) is 7.52. The second kappa shape index (κ2) is 11.2. The molecule has 31 heavy (non-hydrogen) atoms. The van der Waals surface area contributed by atoms with Crippen molar-refractivity contribution in [3.63, 3.8) is 0 Å². The van der Waals surface area contributed by atoms with E-state index in [1.54, 1.807) is 12.3 Å². The Hall–Kier alpha value is -3.29. The topological polar surface area (TPSA) is 123 Å². The van der Waals surface area contributed by atoms with E-state index in [1.807, 2.05) is 54.6 Å². The lowest BCUT2D eigenvalue weighted by Crippen LogP contribution is -2.50. The summed E-state index contributed by atoms with van der Waals surface area (Å²) in [5, 5.41) is 6.66. The number of nitrogens with two attached hydrogens (primary N) is 2. The summed E-state index contributed by atoms with van der Waals surface area (Å²) in [6.07, 6.45) is 3.97. The third kappa shape index (κ3) is 6.60. The molecule has 0 aliphatic heterocycles. The van der Waals surface area contributed by atoms with Crippen LogP contribution in [0.2, 0.25) is 0 Å². The minimum absolute atomic E-state index is 0.279. The van der Waals surface area contributed by atoms with Crippen LogP contribution in [-0.2, 0) is 16.0 Å². The average molecular weight is 420 g/mol. The minimum Gasteiger partial charge on any atom is -0.343 e. The van der Waals surface area contributed by atoms with Gasteiger partial charge in [-0.05, 0) is 62.1 Å². The summed E-state index contributed by atoms with van der Waals surface area (Å²) < 4.78 is 0. The highest BCUT2D eigenvalue weighted by Crippen LogP contribution is 2.17. The maximum absolute atomic E-state index is 13.0. The van der Waals surface area contributed by atoms with Gasteiger partial charge < -0.3 is 22.1 Å². The molecule has 162 valence electrons. The molecule has 1 aromatic heterocycles. The molecule has 0 fully saturated rings. The molecule has 0 unspecified atom stereocenters. The second-order valence-electron chi connectivity index (χ2n) is 7.52. The summed E-state index contributed by atoms with van der Waals surface area (Å²) in [6.45, 7) is 0.468. The predicted molar refractivity (Wildman–Crippen MR) is 123 cm³/mol. The summed E-state index contributed by atoms with van der Waals surface area (Å²) in [7, 11) is 0. The summed E-state index contributed by atoms with van der Waals surface area (Å²) in [5.41, 5.74) is 14.1. The number of fused-ring (bicyclic) bond motifs is 1. The molecule has 7 heteroatoms. The first kappa shape index (κ1) is 22.4. The number of rotatable bonds is 10. The molecule has 2 aromatic carbocycles. The first-order chi connectivity index (χ1) is 15.1. The van der Waals surface area contributed by atoms with Crippen LogP contribution in [0.5, 0.6) is 0 Å². The Morgan fingerprint density at radius 1 is 0.968 bits per heavy atom. The van der Waals surface area contributed by atoms with E-state index in [1.165, 1.54) is 0 Å². The van der Waals surface area contributed by atoms with E-state index < -0.39 is 12.1 Å². The molecular weight excluding hydrogens is 390 g/mol. The highest BCUT2D eigenvalue weighted by molar-refractivity contribution is 5.99. The summed E-state index contributed by atoms with van der Waals surface area (Å²) in [4.78, 5) is 29.9. The number of aryl methyl sites for hydroxylation is 1. The SMILES string of the molecule is NCCC[C@H](N)C(=O)N[C@H](CCc1ccccc1)C(=O)Nc1ccc2ncccc2c1. The van der Waals surface area contributed by atoms with Crippen LogP contribution in [0.25, 0.3) is 10.9 Å². The number of amides is 2. The van der Waals surface area contributed by atoms with E-state index in [2.05, 4.69) is 15.6 Å². The Balaban J connectivity index is 1.71. The van der Waals surface area contributed by atoms with Crippen molar-refractivity contribution in [2.24, 2.45) is 11.5 Å². The molecule has 0 radical (unpaired) electrons. The van der Waals surface area contributed by atoms with Crippen LogP contribution in [-0.4, -0.2) is 35.4 Å². The number of hydrogen-bond donors (Lipinski definition) is 4. The largest absolute Gasteiger partial charge is 0.343 e. The molecule has 2 amide bonds. The van der Waals surface area contributed by atoms with E-state index in [0.717, 1.165) is 16.5 Å². The Bertz CT molecular complexity index is 1010. The molecular formula is C24H29N5O2. The van der Waals surface area contributed by atoms with Gasteiger partial charge in [-0.1, -0.05) is 36.4 Å². The van der Waals surface area contributed by atoms with Gasteiger partial charge in [0.15, 0.2) is 0 Å². The summed E-state index contributed by atoms with van der Waals surface area (Å²) in [5.74, 6) is -0.622. The van der Waals surface area contributed by atoms with E-state index in [9.17, 15) is 9.59 Å². The Morgan fingerprint density at radius 3 is 2.55 bits per heavy atom. The van der Waals surface area contributed by atoms with Gasteiger partial charge >= 0.3 is 0 Å². The molecule has 0 spiro atoms. The van der Waals surface area contributed by atoms with Crippen molar-refractivity contribution in [1.82, 2.24) is 10.3 Å². The number of carbonyl (C=O) groups excluding carboxylic acids is 2. The highest BCUT2D eigenvalue weighted by Gasteiger charge is 2.23. The fourth-order valence-corrected chi connectivity index (χ4v) is 3.35. The number of hydrogen-bond acceptors (Lipinski definition) is 5. The molecule has 1 heterocycles. The molecule has 3 rings (SSSR count). The zero-order chi connectivity index (χ0) is 22.1. The van der Waals surface area contributed by atoms with Gasteiger partial charge in [0, 0.05) is 17.3 Å². The van der Waals surface area contributed by atoms with Gasteiger partial charge in [-0.25, -0.2) is 0 Å². The molecule has 0 aliphatic carbocycles. The van der Waals surface area contributed by atoms with Crippen molar-refractivity contribution in [3.05, 3.63) is 72.4 Å². The standard InChI is InChI=1S/C24H29N5O2/c25-14-4-9-20(26)23(30)29-22(12-10-17-6-2-1-3-7-17)24(31)28-19-11-13-21-18(16-19)8-5-15-27-21/h1-3,5-8,11,13,15-16,20,22H,4,9-10,12,14,25-26H2,(H,28,31)(H,29,30)/t20-,22+/m0/s1. The fourth-order valence-electron chi connectivity index (χ4n) is 3.35. The quantitative estimate of drug-likeness (QED) is 0.402. The van der Waals surface area contributed by atoms with E-state index in [0.29, 0.717) is 37.9 Å². The number of nitrogens with one attached hydrogen (secondary N) is 2. The van der Waals surface area contributed by atoms with Crippen LogP contribution >= 0.6 is 0 Å². The van der Waals surface area contributed by atoms with Crippen LogP contribution < -0.4 is 22.1 Å². The number of aromatic nitrogens is 1. The first-order valence-corrected chi connectivity index (χ1v) is 10.5. The van der Waals surface area contributed by atoms with Crippen molar-refractivity contribution in [3.8, 4) is 0 Å². The van der Waals surface area contributed by atoms with Gasteiger partial charge in [0.2, 0.25) is 11.8 Å². The number of benzene rings is 2. The fraction of sp³-hybridized carbons (Fsp3) is 0.292. The molecule has 0 saturated carbocycles. The highest BCUT2D eigenvalue weighted by atomic mass is 16.2. The smallest absolute Gasteiger partial charge is 0.246 e. The van der Waals surface area contributed by atoms with E-state index >= 15 is 0 Å². The Morgan fingerprint density at radius 2 is 1.77 bits per heavy atom. The van der Waals surface area contributed by atoms with Crippen molar-refractivity contribution in [2.45, 2.75) is 37.8 Å². The monoisotopic (exact) mass is 419 g/mol. The number of carbonyl (C=O) groups is 2. The molecule has 2 atom stereocenters. The summed E-state index contributed by atoms with van der Waals surface area (Å²) >= 11 is 0. The minimum atomic E-state index is -0.707. The molecule has 6 N–H and O–H groups in total. The zero-order valence-corrected chi connectivity index (χ0v) is 17.5. The lowest BCUT2D eigenvalue weighted by molar-refractivity contribution is -0.127. The normalized spacial score (nSPS) is 12.8. The Labute approximate surface area is 182 Å². The van der Waals surface area contributed by atoms with Gasteiger partial charge in [-0.15, -0.1) is 0 Å². The van der Waals surface area contributed by atoms with Crippen LogP contribution in [0.3, 0.4) is 0 Å². The Kier molecular flexibility index (Phi) is 8.09. The van der Waals surface area contributed by atoms with Gasteiger partial charge in [0.25, 0.3) is 0 Å². The van der Waals surface area contributed by atoms with Gasteiger partial charge in [-0.3, -0.25) is 14.6 Å². The number of nitrogens with zero attached hydrogens (tertiary/aromatic N) is 1. The van der Waals surface area contributed by atoms with Crippen LogP contribution in [0.15, 0.2) is 66.9 Å². The van der Waals surface area contributed by atoms with Gasteiger partial charge in [-0.2, -0.15) is 0 Å². The third-order valence-corrected chi connectivity index (χ3v) is 5.12. The average Bonchev–Trinajstić information content (AvgIpc) is 2.80. The van der Waals surface area contributed by atoms with E-state index in [-0.39, 0.29) is 11.8 Å². The number of anilines is 1. The van der Waals surface area contributed by atoms with Crippen LogP contribution in [0.1, 0.15) is 24.8 Å². The molecule has 0 bridgehead atoms. The summed E-state index contributed by atoms with van der Waals surface area (Å²) in [6, 6.07) is 17.8. The number of pyridine rings is 1. The lowest BCUT2D eigenvalue weighted by Gasteiger charge is -2.21. The predicted octanol–water partition coefficient (Wildman–Crippen LogP) is 2.36. The van der Waals surface area contributed by atoms with Crippen LogP contribution in [0, 0.1) is 0 Å². The molecule has 0 aliphatic rings. The van der Waals surface area contributed by atoms with E-state index in [4.69, 9.17) is 11.5 Å². The zero-order valence-electron chi connectivity index (χ0n) is 17.5. The van der Waals surface area contributed by atoms with Gasteiger partial charge in [0.05, 0.1) is 11.6 Å². The maximum atomic E-state index is 13.0. The van der Waals surface area contributed by atoms with Crippen molar-refractivity contribution in [1.29, 1.82) is 0 Å².